The Bertz CT molecular complexity index is 555. The Morgan fingerprint density at radius 1 is 1.33 bits per heavy atom. The third-order valence-corrected chi connectivity index (χ3v) is 3.40. The Labute approximate surface area is 109 Å². The standard InChI is InChI=1S/C15H22N2O/c1-9(2)13-11(8-16-4)17-15-12(18-5)7-6-10(3)14(13)15/h6-7,9,16-17H,8H2,1-5H3. The molecule has 1 aromatic heterocycles. The van der Waals surface area contributed by atoms with Crippen LogP contribution in [-0.4, -0.2) is 19.1 Å². The van der Waals surface area contributed by atoms with Crippen LogP contribution < -0.4 is 10.1 Å². The summed E-state index contributed by atoms with van der Waals surface area (Å²) in [6.45, 7) is 7.48. The van der Waals surface area contributed by atoms with E-state index in [9.17, 15) is 0 Å². The van der Waals surface area contributed by atoms with Gasteiger partial charge >= 0.3 is 0 Å². The van der Waals surface area contributed by atoms with Crippen molar-refractivity contribution in [2.75, 3.05) is 14.2 Å². The van der Waals surface area contributed by atoms with Crippen molar-refractivity contribution in [3.63, 3.8) is 0 Å². The predicted molar refractivity (Wildman–Crippen MR) is 76.4 cm³/mol. The van der Waals surface area contributed by atoms with Crippen LogP contribution in [0.5, 0.6) is 5.75 Å². The van der Waals surface area contributed by atoms with Crippen LogP contribution in [0.25, 0.3) is 10.9 Å². The maximum Gasteiger partial charge on any atom is 0.142 e. The highest BCUT2D eigenvalue weighted by atomic mass is 16.5. The summed E-state index contributed by atoms with van der Waals surface area (Å²) in [4.78, 5) is 3.52. The largest absolute Gasteiger partial charge is 0.495 e. The molecule has 0 atom stereocenters. The molecule has 0 saturated carbocycles. The molecule has 0 aliphatic carbocycles. The van der Waals surface area contributed by atoms with Crippen molar-refractivity contribution in [3.8, 4) is 5.75 Å². The van der Waals surface area contributed by atoms with E-state index in [1.165, 1.54) is 22.2 Å². The first-order valence-corrected chi connectivity index (χ1v) is 6.42. The summed E-state index contributed by atoms with van der Waals surface area (Å²) in [5.41, 5.74) is 5.07. The summed E-state index contributed by atoms with van der Waals surface area (Å²) in [6, 6.07) is 4.16. The predicted octanol–water partition coefficient (Wildman–Crippen LogP) is 3.33. The molecule has 98 valence electrons. The molecule has 0 fully saturated rings. The van der Waals surface area contributed by atoms with Crippen molar-refractivity contribution in [2.45, 2.75) is 33.2 Å². The van der Waals surface area contributed by atoms with Crippen molar-refractivity contribution in [1.82, 2.24) is 10.3 Å². The minimum atomic E-state index is 0.493. The first-order chi connectivity index (χ1) is 8.60. The number of ether oxygens (including phenoxy) is 1. The molecule has 2 aromatic rings. The van der Waals surface area contributed by atoms with Crippen molar-refractivity contribution in [1.29, 1.82) is 0 Å². The molecular formula is C15H22N2O. The number of aromatic amines is 1. The lowest BCUT2D eigenvalue weighted by Crippen LogP contribution is -2.08. The number of nitrogens with one attached hydrogen (secondary N) is 2. The van der Waals surface area contributed by atoms with Crippen LogP contribution >= 0.6 is 0 Å². The van der Waals surface area contributed by atoms with Crippen LogP contribution in [0.2, 0.25) is 0 Å². The first-order valence-electron chi connectivity index (χ1n) is 6.42. The Morgan fingerprint density at radius 3 is 2.61 bits per heavy atom. The van der Waals surface area contributed by atoms with Crippen LogP contribution in [0.3, 0.4) is 0 Å². The molecule has 2 N–H and O–H groups in total. The fraction of sp³-hybridized carbons (Fsp3) is 0.467. The van der Waals surface area contributed by atoms with E-state index < -0.39 is 0 Å². The van der Waals surface area contributed by atoms with Crippen molar-refractivity contribution in [2.24, 2.45) is 0 Å². The van der Waals surface area contributed by atoms with Gasteiger partial charge in [0.05, 0.1) is 12.6 Å². The molecule has 0 saturated heterocycles. The molecule has 0 unspecified atom stereocenters. The number of H-pyrrole nitrogens is 1. The second-order valence-electron chi connectivity index (χ2n) is 5.04. The van der Waals surface area contributed by atoms with E-state index >= 15 is 0 Å². The molecule has 0 radical (unpaired) electrons. The number of hydrogen-bond donors (Lipinski definition) is 2. The van der Waals surface area contributed by atoms with Gasteiger partial charge in [0.15, 0.2) is 0 Å². The van der Waals surface area contributed by atoms with E-state index in [4.69, 9.17) is 4.74 Å². The fourth-order valence-electron chi connectivity index (χ4n) is 2.65. The Hall–Kier alpha value is -1.48. The van der Waals surface area contributed by atoms with Gasteiger partial charge in [-0.3, -0.25) is 0 Å². The highest BCUT2D eigenvalue weighted by molar-refractivity contribution is 5.92. The molecule has 18 heavy (non-hydrogen) atoms. The topological polar surface area (TPSA) is 37.0 Å². The zero-order chi connectivity index (χ0) is 13.3. The average molecular weight is 246 g/mol. The second kappa shape index (κ2) is 5.02. The summed E-state index contributed by atoms with van der Waals surface area (Å²) in [5.74, 6) is 1.41. The van der Waals surface area contributed by atoms with Crippen molar-refractivity contribution < 1.29 is 4.74 Å². The third-order valence-electron chi connectivity index (χ3n) is 3.40. The third kappa shape index (κ3) is 1.99. The lowest BCUT2D eigenvalue weighted by atomic mass is 9.96. The summed E-state index contributed by atoms with van der Waals surface area (Å²) in [5, 5.41) is 4.54. The molecule has 3 heteroatoms. The SMILES string of the molecule is CNCc1[nH]c2c(OC)ccc(C)c2c1C(C)C. The van der Waals surface area contributed by atoms with Gasteiger partial charge in [-0.1, -0.05) is 19.9 Å². The van der Waals surface area contributed by atoms with Crippen molar-refractivity contribution >= 4 is 10.9 Å². The maximum absolute atomic E-state index is 5.46. The minimum absolute atomic E-state index is 0.493. The van der Waals surface area contributed by atoms with Crippen LogP contribution in [-0.2, 0) is 6.54 Å². The number of aryl methyl sites for hydroxylation is 1. The number of rotatable bonds is 4. The van der Waals surface area contributed by atoms with Crippen LogP contribution in [0.4, 0.5) is 0 Å². The van der Waals surface area contributed by atoms with Gasteiger partial charge in [-0.05, 0) is 37.1 Å². The van der Waals surface area contributed by atoms with E-state index in [1.54, 1.807) is 7.11 Å². The van der Waals surface area contributed by atoms with Gasteiger partial charge in [0.25, 0.3) is 0 Å². The molecule has 0 amide bonds. The first kappa shape index (κ1) is 13.0. The zero-order valence-corrected chi connectivity index (χ0v) is 11.8. The molecule has 0 bridgehead atoms. The highest BCUT2D eigenvalue weighted by Crippen LogP contribution is 2.36. The van der Waals surface area contributed by atoms with Gasteiger partial charge in [0.2, 0.25) is 0 Å². The lowest BCUT2D eigenvalue weighted by molar-refractivity contribution is 0.419. The minimum Gasteiger partial charge on any atom is -0.495 e. The van der Waals surface area contributed by atoms with Gasteiger partial charge in [-0.25, -0.2) is 0 Å². The van der Waals surface area contributed by atoms with Crippen LogP contribution in [0.15, 0.2) is 12.1 Å². The molecule has 3 nitrogen and oxygen atoms in total. The number of methoxy groups -OCH3 is 1. The molecule has 1 aromatic carbocycles. The van der Waals surface area contributed by atoms with Crippen LogP contribution in [0, 0.1) is 6.92 Å². The molecule has 0 spiro atoms. The highest BCUT2D eigenvalue weighted by Gasteiger charge is 2.18. The monoisotopic (exact) mass is 246 g/mol. The van der Waals surface area contributed by atoms with Gasteiger partial charge in [0.1, 0.15) is 5.75 Å². The normalized spacial score (nSPS) is 11.4. The lowest BCUT2D eigenvalue weighted by Gasteiger charge is -2.09. The average Bonchev–Trinajstić information content (AvgIpc) is 2.70. The van der Waals surface area contributed by atoms with Gasteiger partial charge in [-0.15, -0.1) is 0 Å². The van der Waals surface area contributed by atoms with Crippen LogP contribution in [0.1, 0.15) is 36.6 Å². The summed E-state index contributed by atoms with van der Waals surface area (Å²) in [6.07, 6.45) is 0. The van der Waals surface area contributed by atoms with Gasteiger partial charge in [-0.2, -0.15) is 0 Å². The molecular weight excluding hydrogens is 224 g/mol. The Balaban J connectivity index is 2.79. The number of aromatic nitrogens is 1. The van der Waals surface area contributed by atoms with E-state index in [0.29, 0.717) is 5.92 Å². The van der Waals surface area contributed by atoms with E-state index in [2.05, 4.69) is 37.1 Å². The van der Waals surface area contributed by atoms with E-state index in [0.717, 1.165) is 17.8 Å². The van der Waals surface area contributed by atoms with E-state index in [-0.39, 0.29) is 0 Å². The fourth-order valence-corrected chi connectivity index (χ4v) is 2.65. The number of fused-ring (bicyclic) bond motifs is 1. The maximum atomic E-state index is 5.46. The molecule has 0 aliphatic rings. The smallest absolute Gasteiger partial charge is 0.142 e. The zero-order valence-electron chi connectivity index (χ0n) is 11.8. The number of hydrogen-bond acceptors (Lipinski definition) is 2. The Morgan fingerprint density at radius 2 is 2.06 bits per heavy atom. The number of benzene rings is 1. The molecule has 2 rings (SSSR count). The van der Waals surface area contributed by atoms with Gasteiger partial charge in [0, 0.05) is 17.6 Å². The quantitative estimate of drug-likeness (QED) is 0.868. The Kier molecular flexibility index (Phi) is 3.62. The summed E-state index contributed by atoms with van der Waals surface area (Å²) in [7, 11) is 3.69. The summed E-state index contributed by atoms with van der Waals surface area (Å²) < 4.78 is 5.46. The molecule has 0 aliphatic heterocycles. The second-order valence-corrected chi connectivity index (χ2v) is 5.04. The molecule has 1 heterocycles. The summed E-state index contributed by atoms with van der Waals surface area (Å²) >= 11 is 0. The van der Waals surface area contributed by atoms with Crippen molar-refractivity contribution in [3.05, 3.63) is 29.0 Å². The van der Waals surface area contributed by atoms with Gasteiger partial charge < -0.3 is 15.0 Å². The van der Waals surface area contributed by atoms with E-state index in [1.807, 2.05) is 13.1 Å².